The van der Waals surface area contributed by atoms with E-state index in [0.29, 0.717) is 12.3 Å². The van der Waals surface area contributed by atoms with Crippen LogP contribution in [-0.2, 0) is 11.2 Å². The number of nitrogens with two attached hydrogens (primary N) is 1. The summed E-state index contributed by atoms with van der Waals surface area (Å²) in [5, 5.41) is 2.08. The van der Waals surface area contributed by atoms with Crippen LogP contribution in [0.15, 0.2) is 17.5 Å². The summed E-state index contributed by atoms with van der Waals surface area (Å²) < 4.78 is 0. The average Bonchev–Trinajstić information content (AvgIpc) is 2.88. The van der Waals surface area contributed by atoms with E-state index in [4.69, 9.17) is 5.73 Å². The predicted molar refractivity (Wildman–Crippen MR) is 89.6 cm³/mol. The lowest BCUT2D eigenvalue weighted by Gasteiger charge is -2.21. The quantitative estimate of drug-likeness (QED) is 0.799. The molecule has 0 fully saturated rings. The highest BCUT2D eigenvalue weighted by Gasteiger charge is 2.12. The molecule has 1 unspecified atom stereocenters. The standard InChI is InChI=1S/C15H26N2OS.ClH/c1-12(2)14(16)9-10-17(3)15(18)8-4-6-13-7-5-11-19-13;/h5,7,11-12,14H,4,6,8-10,16H2,1-3H3;1H. The molecule has 3 nitrogen and oxygen atoms in total. The van der Waals surface area contributed by atoms with Crippen molar-refractivity contribution in [1.29, 1.82) is 0 Å². The highest BCUT2D eigenvalue weighted by Crippen LogP contribution is 2.12. The summed E-state index contributed by atoms with van der Waals surface area (Å²) in [7, 11) is 1.88. The number of thiophene rings is 1. The molecule has 0 bridgehead atoms. The number of halogens is 1. The number of hydrogen-bond donors (Lipinski definition) is 1. The molecular weight excluding hydrogens is 292 g/mol. The minimum absolute atomic E-state index is 0. The molecule has 0 aliphatic heterocycles. The molecule has 0 radical (unpaired) electrons. The SMILES string of the molecule is CC(C)C(N)CCN(C)C(=O)CCCc1cccs1.Cl. The van der Waals surface area contributed by atoms with E-state index in [1.165, 1.54) is 4.88 Å². The summed E-state index contributed by atoms with van der Waals surface area (Å²) in [5.41, 5.74) is 5.99. The third-order valence-corrected chi connectivity index (χ3v) is 4.41. The average molecular weight is 319 g/mol. The molecule has 1 heterocycles. The summed E-state index contributed by atoms with van der Waals surface area (Å²) in [4.78, 5) is 15.1. The van der Waals surface area contributed by atoms with E-state index in [0.717, 1.165) is 25.8 Å². The van der Waals surface area contributed by atoms with Crippen LogP contribution in [0.1, 0.15) is 38.0 Å². The Morgan fingerprint density at radius 2 is 2.15 bits per heavy atom. The first-order valence-electron chi connectivity index (χ1n) is 7.02. The lowest BCUT2D eigenvalue weighted by molar-refractivity contribution is -0.130. The largest absolute Gasteiger partial charge is 0.346 e. The van der Waals surface area contributed by atoms with Gasteiger partial charge in [-0.2, -0.15) is 0 Å². The fraction of sp³-hybridized carbons (Fsp3) is 0.667. The smallest absolute Gasteiger partial charge is 0.222 e. The number of aryl methyl sites for hydroxylation is 1. The predicted octanol–water partition coefficient (Wildman–Crippen LogP) is 3.32. The van der Waals surface area contributed by atoms with E-state index in [1.807, 2.05) is 11.9 Å². The van der Waals surface area contributed by atoms with Gasteiger partial charge in [0.15, 0.2) is 0 Å². The van der Waals surface area contributed by atoms with Gasteiger partial charge in [-0.05, 0) is 36.6 Å². The van der Waals surface area contributed by atoms with Crippen molar-refractivity contribution in [3.05, 3.63) is 22.4 Å². The third kappa shape index (κ3) is 7.27. The monoisotopic (exact) mass is 318 g/mol. The van der Waals surface area contributed by atoms with E-state index in [1.54, 1.807) is 11.3 Å². The number of rotatable bonds is 8. The van der Waals surface area contributed by atoms with Gasteiger partial charge in [0.2, 0.25) is 5.91 Å². The highest BCUT2D eigenvalue weighted by molar-refractivity contribution is 7.09. The number of amides is 1. The number of carbonyl (C=O) groups excluding carboxylic acids is 1. The molecule has 2 N–H and O–H groups in total. The second-order valence-electron chi connectivity index (χ2n) is 5.44. The van der Waals surface area contributed by atoms with Gasteiger partial charge in [-0.1, -0.05) is 19.9 Å². The zero-order valence-electron chi connectivity index (χ0n) is 12.7. The van der Waals surface area contributed by atoms with E-state index in [9.17, 15) is 4.79 Å². The third-order valence-electron chi connectivity index (χ3n) is 3.47. The van der Waals surface area contributed by atoms with Crippen LogP contribution in [0.5, 0.6) is 0 Å². The molecule has 1 aromatic rings. The van der Waals surface area contributed by atoms with E-state index in [2.05, 4.69) is 31.4 Å². The Labute approximate surface area is 133 Å². The highest BCUT2D eigenvalue weighted by atomic mass is 35.5. The van der Waals surface area contributed by atoms with E-state index >= 15 is 0 Å². The Morgan fingerprint density at radius 3 is 2.70 bits per heavy atom. The van der Waals surface area contributed by atoms with Crippen LogP contribution in [0.25, 0.3) is 0 Å². The molecule has 1 amide bonds. The first kappa shape index (κ1) is 19.4. The van der Waals surface area contributed by atoms with Gasteiger partial charge in [0.05, 0.1) is 0 Å². The molecule has 0 spiro atoms. The normalized spacial score (nSPS) is 12.1. The van der Waals surface area contributed by atoms with Crippen molar-refractivity contribution < 1.29 is 4.79 Å². The minimum Gasteiger partial charge on any atom is -0.346 e. The molecule has 5 heteroatoms. The van der Waals surface area contributed by atoms with E-state index < -0.39 is 0 Å². The minimum atomic E-state index is 0. The first-order chi connectivity index (χ1) is 9.00. The Bertz CT molecular complexity index is 368. The molecule has 20 heavy (non-hydrogen) atoms. The number of carbonyl (C=O) groups is 1. The van der Waals surface area contributed by atoms with Gasteiger partial charge in [0.25, 0.3) is 0 Å². The van der Waals surface area contributed by atoms with Crippen molar-refractivity contribution in [2.24, 2.45) is 11.7 Å². The molecule has 0 saturated carbocycles. The Morgan fingerprint density at radius 1 is 1.45 bits per heavy atom. The molecular formula is C15H27ClN2OS. The summed E-state index contributed by atoms with van der Waals surface area (Å²) in [6.07, 6.45) is 3.44. The summed E-state index contributed by atoms with van der Waals surface area (Å²) >= 11 is 1.76. The molecule has 0 aliphatic rings. The van der Waals surface area contributed by atoms with Crippen LogP contribution in [0.4, 0.5) is 0 Å². The van der Waals surface area contributed by atoms with Crippen LogP contribution in [0, 0.1) is 5.92 Å². The fourth-order valence-electron chi connectivity index (χ4n) is 1.86. The molecule has 0 aromatic carbocycles. The van der Waals surface area contributed by atoms with Crippen LogP contribution in [0.2, 0.25) is 0 Å². The maximum Gasteiger partial charge on any atom is 0.222 e. The van der Waals surface area contributed by atoms with Crippen LogP contribution in [0.3, 0.4) is 0 Å². The lowest BCUT2D eigenvalue weighted by atomic mass is 10.0. The second kappa shape index (κ2) is 10.2. The van der Waals surface area contributed by atoms with Crippen molar-refractivity contribution in [2.75, 3.05) is 13.6 Å². The van der Waals surface area contributed by atoms with E-state index in [-0.39, 0.29) is 24.4 Å². The Balaban J connectivity index is 0.00000361. The van der Waals surface area contributed by atoms with Gasteiger partial charge in [0.1, 0.15) is 0 Å². The molecule has 116 valence electrons. The van der Waals surface area contributed by atoms with Crippen molar-refractivity contribution in [2.45, 2.75) is 45.6 Å². The van der Waals surface area contributed by atoms with Gasteiger partial charge in [-0.25, -0.2) is 0 Å². The number of nitrogens with zero attached hydrogens (tertiary/aromatic N) is 1. The lowest BCUT2D eigenvalue weighted by Crippen LogP contribution is -2.34. The van der Waals surface area contributed by atoms with Crippen LogP contribution >= 0.6 is 23.7 Å². The fourth-order valence-corrected chi connectivity index (χ4v) is 2.61. The van der Waals surface area contributed by atoms with Crippen LogP contribution < -0.4 is 5.73 Å². The van der Waals surface area contributed by atoms with Gasteiger partial charge in [-0.15, -0.1) is 23.7 Å². The summed E-state index contributed by atoms with van der Waals surface area (Å²) in [6, 6.07) is 4.36. The van der Waals surface area contributed by atoms with Crippen molar-refractivity contribution in [3.63, 3.8) is 0 Å². The topological polar surface area (TPSA) is 46.3 Å². The van der Waals surface area contributed by atoms with Crippen molar-refractivity contribution in [3.8, 4) is 0 Å². The Kier molecular flexibility index (Phi) is 9.90. The van der Waals surface area contributed by atoms with Crippen molar-refractivity contribution >= 4 is 29.7 Å². The molecule has 1 rings (SSSR count). The second-order valence-corrected chi connectivity index (χ2v) is 6.48. The summed E-state index contributed by atoms with van der Waals surface area (Å²) in [6.45, 7) is 5.00. The van der Waals surface area contributed by atoms with Gasteiger partial charge in [-0.3, -0.25) is 4.79 Å². The molecule has 0 saturated heterocycles. The first-order valence-corrected chi connectivity index (χ1v) is 7.90. The van der Waals surface area contributed by atoms with Gasteiger partial charge >= 0.3 is 0 Å². The van der Waals surface area contributed by atoms with Crippen molar-refractivity contribution in [1.82, 2.24) is 4.90 Å². The summed E-state index contributed by atoms with van der Waals surface area (Å²) in [5.74, 6) is 0.704. The zero-order valence-corrected chi connectivity index (χ0v) is 14.3. The molecule has 0 aliphatic carbocycles. The zero-order chi connectivity index (χ0) is 14.3. The van der Waals surface area contributed by atoms with Crippen LogP contribution in [-0.4, -0.2) is 30.4 Å². The molecule has 1 aromatic heterocycles. The maximum atomic E-state index is 11.9. The number of hydrogen-bond acceptors (Lipinski definition) is 3. The maximum absolute atomic E-state index is 11.9. The molecule has 1 atom stereocenters. The van der Waals surface area contributed by atoms with Gasteiger partial charge < -0.3 is 10.6 Å². The Hall–Kier alpha value is -0.580. The van der Waals surface area contributed by atoms with Gasteiger partial charge in [0, 0.05) is 30.9 Å².